The molecule has 3 aliphatic rings. The van der Waals surface area contributed by atoms with Gasteiger partial charge in [-0.2, -0.15) is 0 Å². The molecule has 5 rings (SSSR count). The summed E-state index contributed by atoms with van der Waals surface area (Å²) < 4.78 is 41.3. The van der Waals surface area contributed by atoms with Gasteiger partial charge in [0.05, 0.1) is 0 Å². The van der Waals surface area contributed by atoms with Crippen molar-refractivity contribution in [3.63, 3.8) is 0 Å². The Morgan fingerprint density at radius 1 is 0.735 bits per heavy atom. The van der Waals surface area contributed by atoms with Crippen LogP contribution in [0.1, 0.15) is 33.6 Å². The van der Waals surface area contributed by atoms with Crippen LogP contribution in [0.25, 0.3) is 0 Å². The minimum atomic E-state index is -4.48. The Morgan fingerprint density at radius 2 is 1.12 bits per heavy atom. The second-order valence-electron chi connectivity index (χ2n) is 9.03. The quantitative estimate of drug-likeness (QED) is 0.459. The normalized spacial score (nSPS) is 19.2. The molecule has 0 unspecified atom stereocenters. The van der Waals surface area contributed by atoms with Crippen molar-refractivity contribution in [1.29, 1.82) is 0 Å². The van der Waals surface area contributed by atoms with Crippen molar-refractivity contribution in [2.45, 2.75) is 25.9 Å². The molecule has 0 saturated heterocycles. The topological polar surface area (TPSA) is 52.6 Å². The van der Waals surface area contributed by atoms with Crippen molar-refractivity contribution in [1.82, 2.24) is 0 Å². The van der Waals surface area contributed by atoms with Gasteiger partial charge in [0.15, 0.2) is 0 Å². The Bertz CT molecular complexity index is 1220. The Morgan fingerprint density at radius 3 is 1.50 bits per heavy atom. The summed E-state index contributed by atoms with van der Waals surface area (Å²) in [6.07, 6.45) is 9.32. The Labute approximate surface area is 201 Å². The fourth-order valence-corrected chi connectivity index (χ4v) is 17.5. The summed E-state index contributed by atoms with van der Waals surface area (Å²) in [5, 5.41) is 2.27. The van der Waals surface area contributed by atoms with E-state index in [1.807, 2.05) is 12.2 Å². The van der Waals surface area contributed by atoms with E-state index in [0.717, 1.165) is 18.1 Å². The van der Waals surface area contributed by atoms with E-state index in [9.17, 15) is 18.4 Å². The van der Waals surface area contributed by atoms with Crippen LogP contribution in [-0.4, -0.2) is 20.0 Å². The molecular weight excluding hydrogens is 490 g/mol. The molecule has 0 aromatic heterocycles. The number of benzene rings is 2. The Balaban J connectivity index is 1.63. The van der Waals surface area contributed by atoms with Gasteiger partial charge in [0.25, 0.3) is 0 Å². The first-order valence-electron chi connectivity index (χ1n) is 11.0. The van der Waals surface area contributed by atoms with E-state index in [0.29, 0.717) is 12.8 Å². The Kier molecular flexibility index (Phi) is 5.67. The molecule has 0 amide bonds. The number of carbonyl (C=O) groups is 2. The van der Waals surface area contributed by atoms with E-state index in [4.69, 9.17) is 6.64 Å². The number of hydrogen-bond donors (Lipinski definition) is 0. The van der Waals surface area contributed by atoms with E-state index in [1.165, 1.54) is 48.5 Å². The molecule has 1 heterocycles. The second kappa shape index (κ2) is 8.41. The van der Waals surface area contributed by atoms with Gasteiger partial charge < -0.3 is 0 Å². The van der Waals surface area contributed by atoms with Gasteiger partial charge in [-0.1, -0.05) is 0 Å². The van der Waals surface area contributed by atoms with Gasteiger partial charge in [0, 0.05) is 0 Å². The van der Waals surface area contributed by atoms with Crippen molar-refractivity contribution in [2.75, 3.05) is 0 Å². The predicted molar refractivity (Wildman–Crippen MR) is 123 cm³/mol. The van der Waals surface area contributed by atoms with Crippen molar-refractivity contribution < 1.29 is 42.4 Å². The Hall–Kier alpha value is -2.87. The maximum absolute atomic E-state index is 13.4. The molecule has 0 bridgehead atoms. The molecule has 4 nitrogen and oxygen atoms in total. The van der Waals surface area contributed by atoms with Gasteiger partial charge >= 0.3 is 202 Å². The van der Waals surface area contributed by atoms with Crippen molar-refractivity contribution in [2.24, 2.45) is 0 Å². The molecule has 2 aromatic carbocycles. The van der Waals surface area contributed by atoms with Crippen LogP contribution in [0.5, 0.6) is 0 Å². The fraction of sp³-hybridized carbons (Fsp3) is 0.154. The number of rotatable bonds is 4. The first-order chi connectivity index (χ1) is 16.2. The molecule has 172 valence electrons. The summed E-state index contributed by atoms with van der Waals surface area (Å²) in [7, 11) is -2.06. The van der Waals surface area contributed by atoms with Crippen LogP contribution < -0.4 is 0 Å². The second-order valence-corrected chi connectivity index (χ2v) is 17.8. The first-order valence-corrected chi connectivity index (χ1v) is 16.8. The van der Waals surface area contributed by atoms with Gasteiger partial charge in [0.1, 0.15) is 0 Å². The van der Waals surface area contributed by atoms with Crippen LogP contribution >= 0.6 is 0 Å². The molecular formula is C26H22F2O4SiTi. The number of halogens is 2. The van der Waals surface area contributed by atoms with E-state index < -0.39 is 49.0 Å². The average Bonchev–Trinajstić information content (AvgIpc) is 3.50. The van der Waals surface area contributed by atoms with Crippen LogP contribution in [0, 0.1) is 11.6 Å². The summed E-state index contributed by atoms with van der Waals surface area (Å²) in [5.74, 6) is -2.22. The molecule has 0 N–H and O–H groups in total. The molecule has 2 aliphatic carbocycles. The van der Waals surface area contributed by atoms with Crippen molar-refractivity contribution >= 4 is 20.0 Å². The van der Waals surface area contributed by atoms with Gasteiger partial charge in [-0.15, -0.1) is 0 Å². The van der Waals surface area contributed by atoms with Crippen LogP contribution in [0.2, 0.25) is 13.1 Å². The van der Waals surface area contributed by atoms with E-state index in [2.05, 4.69) is 25.2 Å². The molecule has 0 spiro atoms. The van der Waals surface area contributed by atoms with E-state index in [1.54, 1.807) is 0 Å². The fourth-order valence-electron chi connectivity index (χ4n) is 4.95. The zero-order valence-corrected chi connectivity index (χ0v) is 21.3. The van der Waals surface area contributed by atoms with E-state index in [-0.39, 0.29) is 11.1 Å². The van der Waals surface area contributed by atoms with Gasteiger partial charge in [-0.05, 0) is 0 Å². The minimum absolute atomic E-state index is 0.188. The van der Waals surface area contributed by atoms with E-state index >= 15 is 0 Å². The third kappa shape index (κ3) is 3.68. The average molecular weight is 512 g/mol. The molecule has 8 heteroatoms. The number of hydrogen-bond acceptors (Lipinski definition) is 4. The third-order valence-corrected chi connectivity index (χ3v) is 16.5. The van der Waals surface area contributed by atoms with Crippen LogP contribution in [-0.2, 0) is 24.0 Å². The zero-order valence-electron chi connectivity index (χ0n) is 18.7. The summed E-state index contributed by atoms with van der Waals surface area (Å²) in [5.41, 5.74) is 0.375. The SMILES string of the molecule is C[Si]1(C)C2=[C](CC=C2)[Ti]([O]C(=O)c2ccc(F)cc2)([O]C(=O)c2ccc(F)cc2)[C]2=C1C=CC2. The van der Waals surface area contributed by atoms with Gasteiger partial charge in [-0.25, -0.2) is 0 Å². The molecule has 34 heavy (non-hydrogen) atoms. The molecule has 0 fully saturated rings. The monoisotopic (exact) mass is 512 g/mol. The number of carbonyl (C=O) groups excluding carboxylic acids is 2. The first kappa shape index (κ1) is 22.9. The molecule has 0 radical (unpaired) electrons. The van der Waals surface area contributed by atoms with Crippen LogP contribution in [0.4, 0.5) is 8.78 Å². The predicted octanol–water partition coefficient (Wildman–Crippen LogP) is 6.19. The maximum atomic E-state index is 13.4. The molecule has 0 saturated carbocycles. The van der Waals surface area contributed by atoms with Crippen LogP contribution in [0.15, 0.2) is 91.0 Å². The standard InChI is InChI=1S/C12H14Si.2C7H5FO2.Ti/c1-13(2,11-7-3-4-8-11)12-9-5-6-10-12;2*8-6-3-1-5(2-4-6)7(9)10;/h3,5,7,9H,4,6H2,1-2H3;2*1-4H,(H,9,10);/q;;;+2/p-2. The molecule has 1 aliphatic heterocycles. The summed E-state index contributed by atoms with van der Waals surface area (Å²) in [6, 6.07) is 10.2. The summed E-state index contributed by atoms with van der Waals surface area (Å²) in [6.45, 7) is 4.50. The van der Waals surface area contributed by atoms with Gasteiger partial charge in [0.2, 0.25) is 0 Å². The van der Waals surface area contributed by atoms with Crippen LogP contribution in [0.3, 0.4) is 0 Å². The van der Waals surface area contributed by atoms with Gasteiger partial charge in [-0.3, -0.25) is 0 Å². The third-order valence-electron chi connectivity index (χ3n) is 6.64. The zero-order chi connectivity index (χ0) is 24.1. The van der Waals surface area contributed by atoms with Crippen molar-refractivity contribution in [3.8, 4) is 0 Å². The molecule has 0 atom stereocenters. The van der Waals surface area contributed by atoms with Crippen molar-refractivity contribution in [3.05, 3.63) is 114 Å². The molecule has 2 aromatic rings. The summed E-state index contributed by atoms with van der Waals surface area (Å²) >= 11 is -4.48. The number of allylic oxidation sites excluding steroid dienone is 8. The summed E-state index contributed by atoms with van der Waals surface area (Å²) in [4.78, 5) is 26.6.